The van der Waals surface area contributed by atoms with E-state index in [4.69, 9.17) is 9.84 Å². The van der Waals surface area contributed by atoms with Crippen LogP contribution in [0.15, 0.2) is 48.5 Å². The second-order valence-electron chi connectivity index (χ2n) is 6.00. The SMILES string of the molecule is OCCCCCOc1cccc2c1C=C(c1ccccc1)CC2. The number of aryl methyl sites for hydroxylation is 1. The van der Waals surface area contributed by atoms with Crippen molar-refractivity contribution in [2.45, 2.75) is 32.1 Å². The summed E-state index contributed by atoms with van der Waals surface area (Å²) in [6.07, 6.45) is 7.29. The van der Waals surface area contributed by atoms with Crippen molar-refractivity contribution >= 4 is 11.6 Å². The molecule has 1 aliphatic carbocycles. The summed E-state index contributed by atoms with van der Waals surface area (Å²) in [5, 5.41) is 8.83. The first kappa shape index (κ1) is 15.8. The molecule has 23 heavy (non-hydrogen) atoms. The van der Waals surface area contributed by atoms with Crippen LogP contribution in [0.2, 0.25) is 0 Å². The van der Waals surface area contributed by atoms with Gasteiger partial charge in [-0.2, -0.15) is 0 Å². The Bertz CT molecular complexity index is 659. The molecule has 1 aliphatic rings. The van der Waals surface area contributed by atoms with E-state index in [2.05, 4.69) is 54.6 Å². The minimum Gasteiger partial charge on any atom is -0.493 e. The Hall–Kier alpha value is -2.06. The van der Waals surface area contributed by atoms with Crippen LogP contribution in [0.4, 0.5) is 0 Å². The molecule has 0 unspecified atom stereocenters. The first-order valence-electron chi connectivity index (χ1n) is 8.50. The summed E-state index contributed by atoms with van der Waals surface area (Å²) in [6.45, 7) is 0.981. The summed E-state index contributed by atoms with van der Waals surface area (Å²) in [4.78, 5) is 0. The minimum absolute atomic E-state index is 0.268. The molecule has 3 rings (SSSR count). The van der Waals surface area contributed by atoms with Crippen molar-refractivity contribution in [3.8, 4) is 5.75 Å². The van der Waals surface area contributed by atoms with Crippen LogP contribution in [0.5, 0.6) is 5.75 Å². The van der Waals surface area contributed by atoms with E-state index in [-0.39, 0.29) is 6.61 Å². The van der Waals surface area contributed by atoms with Crippen LogP contribution in [0.1, 0.15) is 42.4 Å². The van der Waals surface area contributed by atoms with Gasteiger partial charge in [-0.15, -0.1) is 0 Å². The summed E-state index contributed by atoms with van der Waals surface area (Å²) in [6, 6.07) is 16.9. The lowest BCUT2D eigenvalue weighted by Gasteiger charge is -2.20. The highest BCUT2D eigenvalue weighted by atomic mass is 16.5. The zero-order chi connectivity index (χ0) is 15.9. The van der Waals surface area contributed by atoms with Crippen LogP contribution in [0, 0.1) is 0 Å². The first-order chi connectivity index (χ1) is 11.4. The molecule has 2 heteroatoms. The molecule has 2 nitrogen and oxygen atoms in total. The normalized spacial score (nSPS) is 13.3. The smallest absolute Gasteiger partial charge is 0.126 e. The summed E-state index contributed by atoms with van der Waals surface area (Å²) in [5.41, 5.74) is 5.29. The summed E-state index contributed by atoms with van der Waals surface area (Å²) >= 11 is 0. The van der Waals surface area contributed by atoms with Gasteiger partial charge >= 0.3 is 0 Å². The predicted molar refractivity (Wildman–Crippen MR) is 95.5 cm³/mol. The lowest BCUT2D eigenvalue weighted by molar-refractivity contribution is 0.266. The Kier molecular flexibility index (Phi) is 5.49. The molecule has 120 valence electrons. The molecule has 0 aromatic heterocycles. The maximum absolute atomic E-state index is 8.83. The fourth-order valence-electron chi connectivity index (χ4n) is 3.07. The molecule has 0 heterocycles. The third-order valence-electron chi connectivity index (χ3n) is 4.34. The Morgan fingerprint density at radius 2 is 1.74 bits per heavy atom. The Balaban J connectivity index is 1.76. The van der Waals surface area contributed by atoms with E-state index in [1.807, 2.05) is 0 Å². The van der Waals surface area contributed by atoms with Gasteiger partial charge in [-0.25, -0.2) is 0 Å². The average Bonchev–Trinajstić information content (AvgIpc) is 2.62. The topological polar surface area (TPSA) is 29.5 Å². The van der Waals surface area contributed by atoms with E-state index >= 15 is 0 Å². The molecule has 0 atom stereocenters. The van der Waals surface area contributed by atoms with E-state index in [1.165, 1.54) is 22.3 Å². The molecule has 0 radical (unpaired) electrons. The number of fused-ring (bicyclic) bond motifs is 1. The van der Waals surface area contributed by atoms with Gasteiger partial charge in [-0.3, -0.25) is 0 Å². The van der Waals surface area contributed by atoms with Gasteiger partial charge < -0.3 is 9.84 Å². The first-order valence-corrected chi connectivity index (χ1v) is 8.50. The van der Waals surface area contributed by atoms with E-state index in [1.54, 1.807) is 0 Å². The van der Waals surface area contributed by atoms with Crippen molar-refractivity contribution in [3.63, 3.8) is 0 Å². The molecular formula is C21H24O2. The van der Waals surface area contributed by atoms with Crippen molar-refractivity contribution in [3.05, 3.63) is 65.2 Å². The zero-order valence-corrected chi connectivity index (χ0v) is 13.5. The summed E-state index contributed by atoms with van der Waals surface area (Å²) < 4.78 is 6.01. The molecule has 1 N–H and O–H groups in total. The van der Waals surface area contributed by atoms with Gasteiger partial charge in [0, 0.05) is 12.2 Å². The summed E-state index contributed by atoms with van der Waals surface area (Å²) in [7, 11) is 0. The number of unbranched alkanes of at least 4 members (excludes halogenated alkanes) is 2. The Labute approximate surface area is 138 Å². The lowest BCUT2D eigenvalue weighted by Crippen LogP contribution is -2.04. The van der Waals surface area contributed by atoms with Crippen LogP contribution in [0.25, 0.3) is 11.6 Å². The molecule has 0 amide bonds. The molecule has 2 aromatic rings. The third-order valence-corrected chi connectivity index (χ3v) is 4.34. The Morgan fingerprint density at radius 1 is 0.870 bits per heavy atom. The van der Waals surface area contributed by atoms with Crippen LogP contribution >= 0.6 is 0 Å². The number of rotatable bonds is 7. The van der Waals surface area contributed by atoms with Crippen LogP contribution < -0.4 is 4.74 Å². The van der Waals surface area contributed by atoms with Crippen molar-refractivity contribution in [1.29, 1.82) is 0 Å². The fourth-order valence-corrected chi connectivity index (χ4v) is 3.07. The van der Waals surface area contributed by atoms with Crippen LogP contribution in [0.3, 0.4) is 0 Å². The second kappa shape index (κ2) is 7.98. The summed E-state index contributed by atoms with van der Waals surface area (Å²) in [5.74, 6) is 0.986. The second-order valence-corrected chi connectivity index (χ2v) is 6.00. The van der Waals surface area contributed by atoms with Gasteiger partial charge in [-0.1, -0.05) is 42.5 Å². The van der Waals surface area contributed by atoms with Gasteiger partial charge in [-0.05, 0) is 60.9 Å². The highest BCUT2D eigenvalue weighted by Crippen LogP contribution is 2.35. The third kappa shape index (κ3) is 4.02. The molecule has 0 saturated heterocycles. The van der Waals surface area contributed by atoms with Crippen molar-refractivity contribution in [2.24, 2.45) is 0 Å². The monoisotopic (exact) mass is 308 g/mol. The Morgan fingerprint density at radius 3 is 2.57 bits per heavy atom. The minimum atomic E-state index is 0.268. The van der Waals surface area contributed by atoms with E-state index < -0.39 is 0 Å². The van der Waals surface area contributed by atoms with Crippen molar-refractivity contribution in [2.75, 3.05) is 13.2 Å². The molecule has 0 bridgehead atoms. The highest BCUT2D eigenvalue weighted by molar-refractivity contribution is 5.86. The quantitative estimate of drug-likeness (QED) is 0.750. The highest BCUT2D eigenvalue weighted by Gasteiger charge is 2.15. The molecule has 0 spiro atoms. The number of benzene rings is 2. The lowest BCUT2D eigenvalue weighted by atomic mass is 9.88. The molecule has 0 fully saturated rings. The maximum atomic E-state index is 8.83. The molecule has 0 aliphatic heterocycles. The number of hydrogen-bond acceptors (Lipinski definition) is 2. The van der Waals surface area contributed by atoms with E-state index in [0.29, 0.717) is 6.61 Å². The zero-order valence-electron chi connectivity index (χ0n) is 13.5. The van der Waals surface area contributed by atoms with Crippen LogP contribution in [-0.2, 0) is 6.42 Å². The molecular weight excluding hydrogens is 284 g/mol. The average molecular weight is 308 g/mol. The molecule has 2 aromatic carbocycles. The van der Waals surface area contributed by atoms with Crippen molar-refractivity contribution in [1.82, 2.24) is 0 Å². The van der Waals surface area contributed by atoms with Gasteiger partial charge in [0.05, 0.1) is 6.61 Å². The predicted octanol–water partition coefficient (Wildman–Crippen LogP) is 4.71. The number of hydrogen-bond donors (Lipinski definition) is 1. The van der Waals surface area contributed by atoms with Gasteiger partial charge in [0.1, 0.15) is 5.75 Å². The number of aliphatic hydroxyl groups excluding tert-OH is 1. The standard InChI is InChI=1S/C21H24O2/c22-14-5-2-6-15-23-21-11-7-10-18-12-13-19(16-20(18)21)17-8-3-1-4-9-17/h1,3-4,7-11,16,22H,2,5-6,12-15H2. The van der Waals surface area contributed by atoms with Gasteiger partial charge in [0.2, 0.25) is 0 Å². The number of ether oxygens (including phenoxy) is 1. The largest absolute Gasteiger partial charge is 0.493 e. The van der Waals surface area contributed by atoms with Crippen molar-refractivity contribution < 1.29 is 9.84 Å². The van der Waals surface area contributed by atoms with Gasteiger partial charge in [0.25, 0.3) is 0 Å². The number of allylic oxidation sites excluding steroid dienone is 1. The van der Waals surface area contributed by atoms with E-state index in [0.717, 1.165) is 37.9 Å². The van der Waals surface area contributed by atoms with Gasteiger partial charge in [0.15, 0.2) is 0 Å². The van der Waals surface area contributed by atoms with E-state index in [9.17, 15) is 0 Å². The fraction of sp³-hybridized carbons (Fsp3) is 0.333. The maximum Gasteiger partial charge on any atom is 0.126 e. The molecule has 0 saturated carbocycles. The van der Waals surface area contributed by atoms with Crippen LogP contribution in [-0.4, -0.2) is 18.3 Å². The number of aliphatic hydroxyl groups is 1.